The number of carbonyl (C=O) groups is 3. The van der Waals surface area contributed by atoms with Crippen molar-refractivity contribution in [3.63, 3.8) is 0 Å². The van der Waals surface area contributed by atoms with E-state index in [1.165, 1.54) is 53.4 Å². The monoisotopic (exact) mass is 1370 g/mol. The van der Waals surface area contributed by atoms with Gasteiger partial charge in [0.1, 0.15) is 23.7 Å². The van der Waals surface area contributed by atoms with Crippen LogP contribution in [-0.2, 0) is 46.3 Å². The number of unbranched alkanes of at least 4 members (excludes halogenated alkanes) is 8. The van der Waals surface area contributed by atoms with Crippen LogP contribution in [0.15, 0.2) is 79.1 Å². The highest BCUT2D eigenvalue weighted by Gasteiger charge is 2.40. The van der Waals surface area contributed by atoms with Crippen LogP contribution in [0.25, 0.3) is 22.9 Å². The fourth-order valence-corrected chi connectivity index (χ4v) is 11.3. The van der Waals surface area contributed by atoms with E-state index >= 15 is 0 Å². The SMILES string of the molecule is CC[N+](CC)(CC)CCC[n+]1ccc(/C=C/c2ccc3cc(N(C)CCOCCOCCCC(=O)CCCCCCCCCCCNC(=O)COCCOCCCC(=O)CCc4c([N+](=O)[O-])cc([N+](=O)[O-])c(Nc5c([N+](=O)[O-])cc([N+](=O)[O-])cc5[N+](=O)[O-])c4[N+](=O)[O-])ccc3c2)cc1. The van der Waals surface area contributed by atoms with E-state index in [4.69, 9.17) is 18.9 Å². The highest BCUT2D eigenvalue weighted by Crippen LogP contribution is 2.48. The van der Waals surface area contributed by atoms with Crippen molar-refractivity contribution in [2.24, 2.45) is 0 Å². The standard InChI is InChI=1S/C68H92N11O19/c1-5-79(6-2,7-3)38-19-34-72-35-31-52(32-36-72)23-24-53-25-26-55-47-56(28-27-54(55)46-53)71(4)37-41-97-43-42-95-39-17-21-58(80)20-15-13-11-9-8-10-12-14-16-33-69-65(82)51-98-45-44-96-40-18-22-59(81)29-30-60-61(74(85)86)50-64(77(91)92)67(68(60)78(93)94)70-66-62(75(87)88)48-57(73(83)84)49-63(66)76(89)90/h23-28,31-32,35-36,46-50,70H,5-22,29-30,33-34,37-45,51H2,1-4H3/q+1/p+1. The number of likely N-dealkylation sites (N-methyl/N-ethyl adjacent to an activating group) is 1. The number of pyridine rings is 1. The zero-order chi connectivity index (χ0) is 71.4. The van der Waals surface area contributed by atoms with Gasteiger partial charge in [-0.25, -0.2) is 4.57 Å². The van der Waals surface area contributed by atoms with Crippen LogP contribution in [0.5, 0.6) is 0 Å². The first-order chi connectivity index (χ1) is 47.1. The minimum atomic E-state index is -1.40. The number of Topliss-reactive ketones (excluding diaryl/α,β-unsaturated/α-hetero) is 2. The summed E-state index contributed by atoms with van der Waals surface area (Å²) in [6, 6.07) is 18.3. The number of ketones is 2. The van der Waals surface area contributed by atoms with E-state index in [1.54, 1.807) is 0 Å². The molecule has 532 valence electrons. The second-order valence-corrected chi connectivity index (χ2v) is 23.9. The molecule has 30 nitrogen and oxygen atoms in total. The van der Waals surface area contributed by atoms with Gasteiger partial charge in [0.2, 0.25) is 5.91 Å². The Balaban J connectivity index is 0.820. The average Bonchev–Trinajstić information content (AvgIpc) is 0.763. The van der Waals surface area contributed by atoms with Crippen LogP contribution in [-0.4, -0.2) is 151 Å². The third-order valence-corrected chi connectivity index (χ3v) is 17.3. The number of hydrogen-bond acceptors (Lipinski definition) is 21. The normalized spacial score (nSPS) is 11.5. The molecule has 0 aliphatic carbocycles. The van der Waals surface area contributed by atoms with Crippen LogP contribution >= 0.6 is 0 Å². The van der Waals surface area contributed by atoms with E-state index in [9.17, 15) is 75.1 Å². The Labute approximate surface area is 569 Å². The lowest BCUT2D eigenvalue weighted by atomic mass is 9.99. The molecule has 5 rings (SSSR count). The quantitative estimate of drug-likeness (QED) is 0.0120. The highest BCUT2D eigenvalue weighted by molar-refractivity contribution is 5.91. The third kappa shape index (κ3) is 26.6. The van der Waals surface area contributed by atoms with Crippen molar-refractivity contribution in [2.45, 2.75) is 136 Å². The first kappa shape index (κ1) is 79.3. The van der Waals surface area contributed by atoms with Crippen LogP contribution in [0.2, 0.25) is 0 Å². The Morgan fingerprint density at radius 2 is 1.02 bits per heavy atom. The molecule has 4 aromatic carbocycles. The highest BCUT2D eigenvalue weighted by atomic mass is 16.7. The van der Waals surface area contributed by atoms with Crippen LogP contribution < -0.4 is 20.1 Å². The molecule has 0 bridgehead atoms. The van der Waals surface area contributed by atoms with Gasteiger partial charge in [-0.15, -0.1) is 0 Å². The fourth-order valence-electron chi connectivity index (χ4n) is 11.3. The first-order valence-electron chi connectivity index (χ1n) is 33.5. The van der Waals surface area contributed by atoms with E-state index in [0.717, 1.165) is 82.1 Å². The maximum absolute atomic E-state index is 12.8. The number of quaternary nitrogens is 1. The van der Waals surface area contributed by atoms with Gasteiger partial charge < -0.3 is 39.0 Å². The Morgan fingerprint density at radius 3 is 1.59 bits per heavy atom. The second kappa shape index (κ2) is 42.3. The largest absolute Gasteiger partial charge is 0.379 e. The third-order valence-electron chi connectivity index (χ3n) is 17.3. The molecule has 0 fully saturated rings. The number of non-ortho nitro benzene ring substituents is 1. The molecule has 2 N–H and O–H groups in total. The lowest BCUT2D eigenvalue weighted by Gasteiger charge is -2.35. The minimum absolute atomic E-state index is 0.0430. The average molecular weight is 1370 g/mol. The summed E-state index contributed by atoms with van der Waals surface area (Å²) in [6.45, 7) is 16.0. The Morgan fingerprint density at radius 1 is 0.510 bits per heavy atom. The first-order valence-corrected chi connectivity index (χ1v) is 33.5. The number of nitrogens with zero attached hydrogens (tertiary/aromatic N) is 9. The zero-order valence-electron chi connectivity index (χ0n) is 56.6. The van der Waals surface area contributed by atoms with Crippen LogP contribution in [0, 0.1) is 60.7 Å². The number of benzene rings is 4. The molecule has 0 atom stereocenters. The Kier molecular flexibility index (Phi) is 34.3. The number of ether oxygens (including phenoxy) is 4. The molecule has 0 unspecified atom stereocenters. The van der Waals surface area contributed by atoms with Crippen LogP contribution in [0.4, 0.5) is 51.2 Å². The molecule has 1 amide bonds. The smallest absolute Gasteiger partial charge is 0.309 e. The topological polar surface area (TPSA) is 378 Å². The van der Waals surface area contributed by atoms with E-state index in [1.807, 2.05) is 5.32 Å². The van der Waals surface area contributed by atoms with Crippen molar-refractivity contribution in [1.82, 2.24) is 5.32 Å². The number of nitro benzene ring substituents is 6. The molecular weight excluding hydrogens is 1270 g/mol. The number of carbonyl (C=O) groups excluding carboxylic acids is 3. The summed E-state index contributed by atoms with van der Waals surface area (Å²) in [5.74, 6) is -0.578. The zero-order valence-corrected chi connectivity index (χ0v) is 56.6. The molecule has 5 aromatic rings. The summed E-state index contributed by atoms with van der Waals surface area (Å²) in [6.07, 6.45) is 19.5. The van der Waals surface area contributed by atoms with Gasteiger partial charge in [-0.05, 0) is 93.0 Å². The molecule has 0 saturated heterocycles. The van der Waals surface area contributed by atoms with Crippen LogP contribution in [0.1, 0.15) is 140 Å². The van der Waals surface area contributed by atoms with Gasteiger partial charge in [-0.3, -0.25) is 75.1 Å². The lowest BCUT2D eigenvalue weighted by molar-refractivity contribution is -0.925. The number of aromatic nitrogens is 1. The minimum Gasteiger partial charge on any atom is -0.379 e. The van der Waals surface area contributed by atoms with Gasteiger partial charge in [0.05, 0.1) is 113 Å². The maximum atomic E-state index is 12.8. The predicted octanol–water partition coefficient (Wildman–Crippen LogP) is 12.6. The summed E-state index contributed by atoms with van der Waals surface area (Å²) in [4.78, 5) is 104. The molecule has 0 spiro atoms. The molecule has 0 radical (unpaired) electrons. The predicted molar refractivity (Wildman–Crippen MR) is 370 cm³/mol. The van der Waals surface area contributed by atoms with Crippen molar-refractivity contribution in [3.8, 4) is 0 Å². The molecular formula is C68H93N11O19+2. The van der Waals surface area contributed by atoms with E-state index in [-0.39, 0.29) is 69.2 Å². The van der Waals surface area contributed by atoms with Gasteiger partial charge in [0.25, 0.3) is 11.4 Å². The Hall–Kier alpha value is -9.36. The van der Waals surface area contributed by atoms with Crippen molar-refractivity contribution in [1.29, 1.82) is 0 Å². The maximum Gasteiger partial charge on any atom is 0.309 e. The molecule has 0 saturated carbocycles. The number of fused-ring (bicyclic) bond motifs is 1. The fraction of sp³-hybridized carbons (Fsp3) is 0.529. The van der Waals surface area contributed by atoms with Gasteiger partial charge in [0, 0.05) is 76.9 Å². The number of rotatable bonds is 52. The van der Waals surface area contributed by atoms with E-state index in [0.29, 0.717) is 52.2 Å². The molecule has 1 aromatic heterocycles. The second-order valence-electron chi connectivity index (χ2n) is 23.9. The van der Waals surface area contributed by atoms with Crippen molar-refractivity contribution in [3.05, 3.63) is 156 Å². The van der Waals surface area contributed by atoms with Crippen LogP contribution in [0.3, 0.4) is 0 Å². The van der Waals surface area contributed by atoms with E-state index in [2.05, 4.69) is 116 Å². The lowest BCUT2D eigenvalue weighted by Crippen LogP contribution is -2.49. The molecule has 0 aliphatic rings. The van der Waals surface area contributed by atoms with E-state index < -0.39 is 99.2 Å². The molecule has 98 heavy (non-hydrogen) atoms. The molecule has 30 heteroatoms. The van der Waals surface area contributed by atoms with Crippen molar-refractivity contribution >= 4 is 91.6 Å². The summed E-state index contributed by atoms with van der Waals surface area (Å²) in [5.41, 5.74) is -7.68. The summed E-state index contributed by atoms with van der Waals surface area (Å²) >= 11 is 0. The summed E-state index contributed by atoms with van der Waals surface area (Å²) in [5, 5.41) is 78.7. The Bertz CT molecular complexity index is 3490. The summed E-state index contributed by atoms with van der Waals surface area (Å²) < 4.78 is 25.9. The number of anilines is 3. The summed E-state index contributed by atoms with van der Waals surface area (Å²) in [7, 11) is 2.07. The van der Waals surface area contributed by atoms with Gasteiger partial charge in [-0.2, -0.15) is 0 Å². The number of aryl methyl sites for hydroxylation is 1. The molecule has 1 heterocycles. The van der Waals surface area contributed by atoms with Gasteiger partial charge in [0.15, 0.2) is 30.3 Å². The van der Waals surface area contributed by atoms with Crippen molar-refractivity contribution in [2.75, 3.05) is 109 Å². The number of amides is 1. The number of nitro groups is 6. The number of nitrogens with one attached hydrogen (secondary N) is 2. The van der Waals surface area contributed by atoms with Gasteiger partial charge in [-0.1, -0.05) is 75.3 Å². The van der Waals surface area contributed by atoms with Crippen molar-refractivity contribution < 1.29 is 71.9 Å². The molecule has 0 aliphatic heterocycles. The number of hydrogen-bond donors (Lipinski definition) is 2. The van der Waals surface area contributed by atoms with Gasteiger partial charge >= 0.3 is 22.7 Å².